The highest BCUT2D eigenvalue weighted by molar-refractivity contribution is 7.91. The maximum atomic E-state index is 12.4. The number of fused-ring (bicyclic) bond motifs is 1. The Kier molecular flexibility index (Phi) is 6.64. The molecule has 1 aromatic heterocycles. The van der Waals surface area contributed by atoms with E-state index in [0.717, 1.165) is 10.9 Å². The summed E-state index contributed by atoms with van der Waals surface area (Å²) in [6.07, 6.45) is 2.29. The average Bonchev–Trinajstić information content (AvgIpc) is 3.32. The zero-order chi connectivity index (χ0) is 23.8. The Morgan fingerprint density at radius 2 is 1.91 bits per heavy atom. The molecule has 2 aromatic rings. The molecule has 180 valence electrons. The van der Waals surface area contributed by atoms with Gasteiger partial charge in [-0.05, 0) is 24.6 Å². The molecule has 2 saturated heterocycles. The Morgan fingerprint density at radius 1 is 1.18 bits per heavy atom. The number of nitrogens with zero attached hydrogens (tertiary/aromatic N) is 3. The number of carboxylic acid groups (broad SMARTS) is 2. The van der Waals surface area contributed by atoms with Gasteiger partial charge in [0.1, 0.15) is 11.8 Å². The number of hydrogen-bond donors (Lipinski definition) is 2. The molecule has 1 aromatic carbocycles. The van der Waals surface area contributed by atoms with Crippen LogP contribution in [0.3, 0.4) is 0 Å². The second-order valence-corrected chi connectivity index (χ2v) is 10.9. The maximum absolute atomic E-state index is 12.4. The topological polar surface area (TPSA) is 129 Å². The normalized spacial score (nSPS) is 22.4. The van der Waals surface area contributed by atoms with E-state index in [2.05, 4.69) is 4.90 Å². The van der Waals surface area contributed by atoms with Crippen molar-refractivity contribution in [1.82, 2.24) is 14.4 Å². The molecule has 2 atom stereocenters. The molecule has 33 heavy (non-hydrogen) atoms. The van der Waals surface area contributed by atoms with E-state index in [9.17, 15) is 23.1 Å². The van der Waals surface area contributed by atoms with Gasteiger partial charge in [0.05, 0.1) is 25.0 Å². The summed E-state index contributed by atoms with van der Waals surface area (Å²) >= 11 is 0. The number of carbonyl (C=O) groups is 2. The van der Waals surface area contributed by atoms with Crippen molar-refractivity contribution in [2.24, 2.45) is 0 Å². The average molecular weight is 480 g/mol. The van der Waals surface area contributed by atoms with E-state index in [0.29, 0.717) is 43.9 Å². The summed E-state index contributed by atoms with van der Waals surface area (Å²) in [5, 5.41) is 20.0. The molecule has 0 bridgehead atoms. The number of aryl methyl sites for hydroxylation is 1. The maximum Gasteiger partial charge on any atom is 0.325 e. The summed E-state index contributed by atoms with van der Waals surface area (Å²) in [6, 6.07) is 4.48. The second-order valence-electron chi connectivity index (χ2n) is 8.67. The van der Waals surface area contributed by atoms with Crippen molar-refractivity contribution < 1.29 is 33.0 Å². The summed E-state index contributed by atoms with van der Waals surface area (Å²) < 4.78 is 30.8. The first-order valence-electron chi connectivity index (χ1n) is 11.0. The Morgan fingerprint density at radius 3 is 2.48 bits per heavy atom. The van der Waals surface area contributed by atoms with Gasteiger partial charge in [0.2, 0.25) is 0 Å². The van der Waals surface area contributed by atoms with E-state index in [1.165, 1.54) is 0 Å². The van der Waals surface area contributed by atoms with Crippen molar-refractivity contribution in [3.05, 3.63) is 30.0 Å². The predicted molar refractivity (Wildman–Crippen MR) is 121 cm³/mol. The lowest BCUT2D eigenvalue weighted by molar-refractivity contribution is -0.144. The van der Waals surface area contributed by atoms with Crippen molar-refractivity contribution in [3.63, 3.8) is 0 Å². The van der Waals surface area contributed by atoms with Crippen LogP contribution in [-0.4, -0.2) is 95.8 Å². The zero-order valence-electron chi connectivity index (χ0n) is 18.5. The van der Waals surface area contributed by atoms with E-state index >= 15 is 0 Å². The number of methoxy groups -OCH3 is 1. The largest absolute Gasteiger partial charge is 0.497 e. The molecular formula is C22H29N3O7S. The van der Waals surface area contributed by atoms with Gasteiger partial charge in [0, 0.05) is 61.4 Å². The fourth-order valence-electron chi connectivity index (χ4n) is 4.96. The highest BCUT2D eigenvalue weighted by atomic mass is 32.2. The van der Waals surface area contributed by atoms with Crippen molar-refractivity contribution in [3.8, 4) is 5.75 Å². The highest BCUT2D eigenvalue weighted by Crippen LogP contribution is 2.34. The predicted octanol–water partition coefficient (Wildman–Crippen LogP) is 1.06. The van der Waals surface area contributed by atoms with Crippen LogP contribution in [0.25, 0.3) is 10.9 Å². The molecule has 0 saturated carbocycles. The smallest absolute Gasteiger partial charge is 0.325 e. The first-order valence-corrected chi connectivity index (χ1v) is 12.8. The van der Waals surface area contributed by atoms with Crippen molar-refractivity contribution >= 4 is 32.7 Å². The summed E-state index contributed by atoms with van der Waals surface area (Å²) in [5.74, 6) is -0.922. The zero-order valence-corrected chi connectivity index (χ0v) is 19.3. The quantitative estimate of drug-likeness (QED) is 0.571. The van der Waals surface area contributed by atoms with E-state index in [1.807, 2.05) is 11.0 Å². The number of rotatable bonds is 8. The molecule has 0 aliphatic carbocycles. The summed E-state index contributed by atoms with van der Waals surface area (Å²) in [6.45, 7) is 2.43. The summed E-state index contributed by atoms with van der Waals surface area (Å²) in [5.41, 5.74) is 1.35. The van der Waals surface area contributed by atoms with E-state index in [-0.39, 0.29) is 30.5 Å². The number of sulfone groups is 1. The Labute approximate surface area is 192 Å². The summed E-state index contributed by atoms with van der Waals surface area (Å²) in [7, 11) is -1.44. The SMILES string of the molecule is COc1ccc2c(c1)c([C@H](C(=O)O)N1CCN([C@@H]3CCS(=O)(=O)C3)CC1)cn2CCC(=O)O. The van der Waals surface area contributed by atoms with Crippen LogP contribution in [0.2, 0.25) is 0 Å². The van der Waals surface area contributed by atoms with Gasteiger partial charge in [0.25, 0.3) is 0 Å². The molecule has 4 rings (SSSR count). The lowest BCUT2D eigenvalue weighted by atomic mass is 10.0. The minimum atomic E-state index is -2.98. The summed E-state index contributed by atoms with van der Waals surface area (Å²) in [4.78, 5) is 27.6. The van der Waals surface area contributed by atoms with Gasteiger partial charge in [-0.15, -0.1) is 0 Å². The number of ether oxygens (including phenoxy) is 1. The third kappa shape index (κ3) is 4.99. The van der Waals surface area contributed by atoms with E-state index in [4.69, 9.17) is 9.84 Å². The Hall–Kier alpha value is -2.63. The first kappa shape index (κ1) is 23.5. The molecule has 0 radical (unpaired) electrons. The van der Waals surface area contributed by atoms with E-state index in [1.54, 1.807) is 30.0 Å². The second kappa shape index (κ2) is 9.32. The van der Waals surface area contributed by atoms with Crippen molar-refractivity contribution in [1.29, 1.82) is 0 Å². The Balaban J connectivity index is 1.60. The molecular weight excluding hydrogens is 450 g/mol. The number of piperazine rings is 1. The molecule has 0 unspecified atom stereocenters. The van der Waals surface area contributed by atoms with Crippen LogP contribution in [0.4, 0.5) is 0 Å². The van der Waals surface area contributed by atoms with Crippen LogP contribution in [0.5, 0.6) is 5.75 Å². The fourth-order valence-corrected chi connectivity index (χ4v) is 6.72. The van der Waals surface area contributed by atoms with Crippen molar-refractivity contribution in [2.45, 2.75) is 31.5 Å². The molecule has 0 amide bonds. The highest BCUT2D eigenvalue weighted by Gasteiger charge is 2.37. The number of carboxylic acids is 2. The number of aromatic nitrogens is 1. The fraction of sp³-hybridized carbons (Fsp3) is 0.545. The molecule has 2 aliphatic rings. The Bertz CT molecular complexity index is 1150. The molecule has 0 spiro atoms. The number of hydrogen-bond acceptors (Lipinski definition) is 7. The third-order valence-corrected chi connectivity index (χ3v) is 8.40. The van der Waals surface area contributed by atoms with Crippen LogP contribution in [0.1, 0.15) is 24.4 Å². The van der Waals surface area contributed by atoms with Crippen LogP contribution in [0, 0.1) is 0 Å². The first-order chi connectivity index (χ1) is 15.7. The van der Waals surface area contributed by atoms with Gasteiger partial charge in [-0.1, -0.05) is 0 Å². The molecule has 2 N–H and O–H groups in total. The van der Waals surface area contributed by atoms with Crippen LogP contribution >= 0.6 is 0 Å². The van der Waals surface area contributed by atoms with Gasteiger partial charge in [-0.3, -0.25) is 19.4 Å². The number of aliphatic carboxylic acids is 2. The monoisotopic (exact) mass is 479 g/mol. The van der Waals surface area contributed by atoms with Crippen molar-refractivity contribution in [2.75, 3.05) is 44.8 Å². The van der Waals surface area contributed by atoms with Gasteiger partial charge in [0.15, 0.2) is 9.84 Å². The lowest BCUT2D eigenvalue weighted by Crippen LogP contribution is -2.52. The standard InChI is InChI=1S/C22H29N3O7S/c1-32-16-2-3-19-17(12-16)18(13-25(19)6-4-20(26)27)21(22(28)29)24-9-7-23(8-10-24)15-5-11-33(30,31)14-15/h2-3,12-13,15,21H,4-11,14H2,1H3,(H,26,27)(H,28,29)/t15-,21-/m1/s1. The van der Waals surface area contributed by atoms with Crippen LogP contribution in [0.15, 0.2) is 24.4 Å². The van der Waals surface area contributed by atoms with Crippen LogP contribution < -0.4 is 4.74 Å². The molecule has 2 fully saturated rings. The minimum absolute atomic E-state index is 0.00243. The lowest BCUT2D eigenvalue weighted by Gasteiger charge is -2.40. The van der Waals surface area contributed by atoms with Gasteiger partial charge in [-0.2, -0.15) is 0 Å². The van der Waals surface area contributed by atoms with Gasteiger partial charge >= 0.3 is 11.9 Å². The number of benzene rings is 1. The third-order valence-electron chi connectivity index (χ3n) is 6.65. The van der Waals surface area contributed by atoms with Crippen LogP contribution in [-0.2, 0) is 26.0 Å². The van der Waals surface area contributed by atoms with E-state index < -0.39 is 27.8 Å². The minimum Gasteiger partial charge on any atom is -0.497 e. The molecule has 10 nitrogen and oxygen atoms in total. The van der Waals surface area contributed by atoms with Gasteiger partial charge in [-0.25, -0.2) is 8.42 Å². The molecule has 11 heteroatoms. The molecule has 2 aliphatic heterocycles. The molecule has 3 heterocycles. The van der Waals surface area contributed by atoms with Gasteiger partial charge < -0.3 is 19.5 Å².